The van der Waals surface area contributed by atoms with E-state index in [-0.39, 0.29) is 42.6 Å². The number of hydrogen-bond donors (Lipinski definition) is 1. The van der Waals surface area contributed by atoms with Gasteiger partial charge in [-0.15, -0.1) is 0 Å². The van der Waals surface area contributed by atoms with Gasteiger partial charge in [0.25, 0.3) is 5.69 Å². The Bertz CT molecular complexity index is 1050. The topological polar surface area (TPSA) is 114 Å². The van der Waals surface area contributed by atoms with E-state index in [0.29, 0.717) is 17.2 Å². The number of sulfonamides is 1. The van der Waals surface area contributed by atoms with Gasteiger partial charge in [0.1, 0.15) is 4.90 Å². The van der Waals surface area contributed by atoms with Gasteiger partial charge in [0.2, 0.25) is 10.0 Å². The van der Waals surface area contributed by atoms with Gasteiger partial charge in [-0.3, -0.25) is 15.5 Å². The Kier molecular flexibility index (Phi) is 7.03. The van der Waals surface area contributed by atoms with Crippen molar-refractivity contribution in [2.24, 2.45) is 5.10 Å². The number of anilines is 1. The maximum atomic E-state index is 13.1. The molecule has 1 heterocycles. The minimum Gasteiger partial charge on any atom is -0.379 e. The molecule has 0 amide bonds. The predicted octanol–water partition coefficient (Wildman–Crippen LogP) is 3.50. The zero-order valence-electron chi connectivity index (χ0n) is 16.2. The highest BCUT2D eigenvalue weighted by molar-refractivity contribution is 7.89. The van der Waals surface area contributed by atoms with Crippen molar-refractivity contribution in [3.05, 3.63) is 63.2 Å². The lowest BCUT2D eigenvalue weighted by Crippen LogP contribution is -2.40. The number of halogens is 1. The fourth-order valence-electron chi connectivity index (χ4n) is 2.97. The van der Waals surface area contributed by atoms with Crippen LogP contribution < -0.4 is 5.43 Å². The normalized spacial score (nSPS) is 15.7. The summed E-state index contributed by atoms with van der Waals surface area (Å²) >= 11 is 5.93. The molecule has 0 saturated carbocycles. The highest BCUT2D eigenvalue weighted by Gasteiger charge is 2.30. The molecule has 2 aromatic carbocycles. The smallest absolute Gasteiger partial charge is 0.270 e. The molecule has 1 fully saturated rings. The van der Waals surface area contributed by atoms with Gasteiger partial charge >= 0.3 is 0 Å². The highest BCUT2D eigenvalue weighted by atomic mass is 35.5. The van der Waals surface area contributed by atoms with Gasteiger partial charge in [-0.2, -0.15) is 9.41 Å². The van der Waals surface area contributed by atoms with E-state index in [1.807, 2.05) is 19.1 Å². The number of non-ortho nitro benzene ring substituents is 1. The molecule has 0 aromatic heterocycles. The Morgan fingerprint density at radius 3 is 2.50 bits per heavy atom. The zero-order chi connectivity index (χ0) is 21.7. The van der Waals surface area contributed by atoms with Crippen molar-refractivity contribution < 1.29 is 18.1 Å². The van der Waals surface area contributed by atoms with Gasteiger partial charge < -0.3 is 4.74 Å². The van der Waals surface area contributed by atoms with Crippen molar-refractivity contribution in [2.75, 3.05) is 31.7 Å². The molecule has 11 heteroatoms. The quantitative estimate of drug-likeness (QED) is 0.390. The Morgan fingerprint density at radius 2 is 1.90 bits per heavy atom. The molecular weight excluding hydrogens is 432 g/mol. The molecule has 0 radical (unpaired) electrons. The van der Waals surface area contributed by atoms with Crippen LogP contribution in [0.5, 0.6) is 0 Å². The minimum atomic E-state index is -3.97. The number of hydrazone groups is 1. The Labute approximate surface area is 179 Å². The fourth-order valence-corrected chi connectivity index (χ4v) is 4.67. The molecule has 1 aliphatic rings. The van der Waals surface area contributed by atoms with Crippen molar-refractivity contribution >= 4 is 38.7 Å². The molecule has 0 atom stereocenters. The van der Waals surface area contributed by atoms with Gasteiger partial charge in [-0.05, 0) is 30.2 Å². The third-order valence-corrected chi connectivity index (χ3v) is 6.78. The summed E-state index contributed by atoms with van der Waals surface area (Å²) in [5.74, 6) is 0. The van der Waals surface area contributed by atoms with E-state index < -0.39 is 14.9 Å². The largest absolute Gasteiger partial charge is 0.379 e. The number of nitro groups is 1. The van der Waals surface area contributed by atoms with E-state index in [1.54, 1.807) is 12.1 Å². The molecule has 3 rings (SSSR count). The molecule has 0 aliphatic carbocycles. The first-order valence-electron chi connectivity index (χ1n) is 9.27. The first-order valence-corrected chi connectivity index (χ1v) is 11.1. The molecule has 0 spiro atoms. The monoisotopic (exact) mass is 452 g/mol. The van der Waals surface area contributed by atoms with E-state index >= 15 is 0 Å². The summed E-state index contributed by atoms with van der Waals surface area (Å²) in [6, 6.07) is 10.7. The average Bonchev–Trinajstić information content (AvgIpc) is 2.75. The molecular formula is C19H21ClN4O5S. The van der Waals surface area contributed by atoms with Crippen LogP contribution in [0, 0.1) is 10.1 Å². The Balaban J connectivity index is 1.99. The molecule has 1 N–H and O–H groups in total. The summed E-state index contributed by atoms with van der Waals surface area (Å²) in [4.78, 5) is 10.4. The molecule has 30 heavy (non-hydrogen) atoms. The van der Waals surface area contributed by atoms with E-state index in [2.05, 4.69) is 10.5 Å². The minimum absolute atomic E-state index is 0.159. The van der Waals surface area contributed by atoms with Crippen LogP contribution in [-0.4, -0.2) is 49.7 Å². The Hall–Kier alpha value is -2.53. The van der Waals surface area contributed by atoms with Crippen molar-refractivity contribution in [2.45, 2.75) is 18.2 Å². The van der Waals surface area contributed by atoms with Crippen LogP contribution in [0.15, 0.2) is 52.5 Å². The second kappa shape index (κ2) is 9.52. The SMILES string of the molecule is CC/C(=N\Nc1ccc([N+](=O)[O-])cc1S(=O)(=O)N1CCOCC1)c1ccc(Cl)cc1. The molecule has 2 aromatic rings. The van der Waals surface area contributed by atoms with Gasteiger partial charge in [0.05, 0.1) is 29.5 Å². The number of rotatable bonds is 7. The summed E-state index contributed by atoms with van der Waals surface area (Å²) in [6.07, 6.45) is 0.577. The first-order chi connectivity index (χ1) is 14.3. The van der Waals surface area contributed by atoms with Crippen LogP contribution >= 0.6 is 11.6 Å². The van der Waals surface area contributed by atoms with Crippen LogP contribution in [0.3, 0.4) is 0 Å². The molecule has 0 bridgehead atoms. The lowest BCUT2D eigenvalue weighted by Gasteiger charge is -2.26. The molecule has 1 saturated heterocycles. The van der Waals surface area contributed by atoms with Crippen LogP contribution in [0.2, 0.25) is 5.02 Å². The molecule has 1 aliphatic heterocycles. The standard InChI is InChI=1S/C19H21ClN4O5S/c1-2-17(14-3-5-15(20)6-4-14)21-22-18-8-7-16(24(25)26)13-19(18)30(27,28)23-9-11-29-12-10-23/h3-8,13,22H,2,9-12H2,1H3/b21-17+. The predicted molar refractivity (Wildman–Crippen MR) is 115 cm³/mol. The van der Waals surface area contributed by atoms with Crippen LogP contribution in [0.25, 0.3) is 0 Å². The second-order valence-corrected chi connectivity index (χ2v) is 8.83. The number of benzene rings is 2. The number of hydrogen-bond acceptors (Lipinski definition) is 7. The maximum Gasteiger partial charge on any atom is 0.270 e. The van der Waals surface area contributed by atoms with Gasteiger partial charge in [0.15, 0.2) is 0 Å². The van der Waals surface area contributed by atoms with Crippen LogP contribution in [0.1, 0.15) is 18.9 Å². The summed E-state index contributed by atoms with van der Waals surface area (Å²) < 4.78 is 32.8. The molecule has 160 valence electrons. The summed E-state index contributed by atoms with van der Waals surface area (Å²) in [5, 5.41) is 16.2. The summed E-state index contributed by atoms with van der Waals surface area (Å²) in [5.41, 5.74) is 4.14. The van der Waals surface area contributed by atoms with Gasteiger partial charge in [0, 0.05) is 30.2 Å². The number of ether oxygens (including phenoxy) is 1. The molecule has 0 unspecified atom stereocenters. The van der Waals surface area contributed by atoms with Crippen molar-refractivity contribution in [3.8, 4) is 0 Å². The van der Waals surface area contributed by atoms with Gasteiger partial charge in [-0.25, -0.2) is 8.42 Å². The summed E-state index contributed by atoms with van der Waals surface area (Å²) in [6.45, 7) is 2.81. The van der Waals surface area contributed by atoms with E-state index in [4.69, 9.17) is 16.3 Å². The van der Waals surface area contributed by atoms with E-state index in [1.165, 1.54) is 16.4 Å². The van der Waals surface area contributed by atoms with E-state index in [0.717, 1.165) is 11.6 Å². The zero-order valence-corrected chi connectivity index (χ0v) is 17.8. The third kappa shape index (κ3) is 4.96. The van der Waals surface area contributed by atoms with Crippen LogP contribution in [0.4, 0.5) is 11.4 Å². The van der Waals surface area contributed by atoms with Crippen molar-refractivity contribution in [1.82, 2.24) is 4.31 Å². The van der Waals surface area contributed by atoms with E-state index in [9.17, 15) is 18.5 Å². The number of nitrogens with zero attached hydrogens (tertiary/aromatic N) is 3. The third-order valence-electron chi connectivity index (χ3n) is 4.59. The highest BCUT2D eigenvalue weighted by Crippen LogP contribution is 2.29. The molecule has 9 nitrogen and oxygen atoms in total. The fraction of sp³-hybridized carbons (Fsp3) is 0.316. The van der Waals surface area contributed by atoms with Crippen LogP contribution in [-0.2, 0) is 14.8 Å². The first kappa shape index (κ1) is 22.2. The Morgan fingerprint density at radius 1 is 1.23 bits per heavy atom. The van der Waals surface area contributed by atoms with Gasteiger partial charge in [-0.1, -0.05) is 30.7 Å². The number of nitro benzene ring substituents is 1. The lowest BCUT2D eigenvalue weighted by molar-refractivity contribution is -0.385. The second-order valence-electron chi connectivity index (χ2n) is 6.48. The lowest BCUT2D eigenvalue weighted by atomic mass is 10.1. The van der Waals surface area contributed by atoms with Crippen molar-refractivity contribution in [3.63, 3.8) is 0 Å². The van der Waals surface area contributed by atoms with Crippen molar-refractivity contribution in [1.29, 1.82) is 0 Å². The summed E-state index contributed by atoms with van der Waals surface area (Å²) in [7, 11) is -3.97. The number of nitrogens with one attached hydrogen (secondary N) is 1. The maximum absolute atomic E-state index is 13.1. The average molecular weight is 453 g/mol. The number of morpholine rings is 1.